The summed E-state index contributed by atoms with van der Waals surface area (Å²) in [5, 5.41) is 0. The molecule has 1 atom stereocenters. The summed E-state index contributed by atoms with van der Waals surface area (Å²) in [5.74, 6) is -0.715. The van der Waals surface area contributed by atoms with Gasteiger partial charge < -0.3 is 4.74 Å². The molecule has 0 N–H and O–H groups in total. The molecule has 0 aromatic rings. The molecule has 13 heavy (non-hydrogen) atoms. The van der Waals surface area contributed by atoms with E-state index < -0.39 is 11.5 Å². The number of likely N-dealkylation sites (N-methyl/N-ethyl adjacent to an activating group) is 1. The van der Waals surface area contributed by atoms with E-state index in [9.17, 15) is 9.59 Å². The quantitative estimate of drug-likeness (QED) is 0.474. The monoisotopic (exact) mass is 187 g/mol. The molecule has 0 bridgehead atoms. The fourth-order valence-electron chi connectivity index (χ4n) is 1.08. The zero-order chi connectivity index (χ0) is 10.6. The molecule has 0 aromatic heterocycles. The Morgan fingerprint density at radius 2 is 1.92 bits per heavy atom. The Kier molecular flexibility index (Phi) is 4.07. The number of ether oxygens (including phenoxy) is 1. The molecular weight excluding hydrogens is 170 g/mol. The van der Waals surface area contributed by atoms with Crippen LogP contribution < -0.4 is 0 Å². The first-order chi connectivity index (χ1) is 5.91. The molecular formula is C9H17NO3. The Labute approximate surface area is 78.9 Å². The summed E-state index contributed by atoms with van der Waals surface area (Å²) in [5.41, 5.74) is -1.15. The highest BCUT2D eigenvalue weighted by molar-refractivity contribution is 6.06. The summed E-state index contributed by atoms with van der Waals surface area (Å²) in [4.78, 5) is 24.4. The van der Waals surface area contributed by atoms with Gasteiger partial charge in [0.1, 0.15) is 0 Å². The molecule has 76 valence electrons. The standard InChI is InChI=1S/C9H17NO3/c1-6-10(4)9(3,7(2)11)8(12)13-5/h6H2,1-5H3. The highest BCUT2D eigenvalue weighted by Crippen LogP contribution is 2.16. The van der Waals surface area contributed by atoms with Gasteiger partial charge in [0.25, 0.3) is 0 Å². The van der Waals surface area contributed by atoms with Crippen molar-refractivity contribution in [2.75, 3.05) is 20.7 Å². The first-order valence-corrected chi connectivity index (χ1v) is 4.21. The Morgan fingerprint density at radius 1 is 1.46 bits per heavy atom. The Balaban J connectivity index is 4.94. The van der Waals surface area contributed by atoms with Gasteiger partial charge in [-0.3, -0.25) is 9.69 Å². The van der Waals surface area contributed by atoms with E-state index in [1.54, 1.807) is 18.9 Å². The van der Waals surface area contributed by atoms with Crippen LogP contribution in [0.3, 0.4) is 0 Å². The zero-order valence-electron chi connectivity index (χ0n) is 8.88. The van der Waals surface area contributed by atoms with Gasteiger partial charge >= 0.3 is 5.97 Å². The molecule has 0 amide bonds. The lowest BCUT2D eigenvalue weighted by atomic mass is 9.96. The van der Waals surface area contributed by atoms with Crippen LogP contribution in [-0.4, -0.2) is 42.9 Å². The number of esters is 1. The summed E-state index contributed by atoms with van der Waals surface area (Å²) in [6.45, 7) is 5.46. The predicted octanol–water partition coefficient (Wildman–Crippen LogP) is 0.459. The summed E-state index contributed by atoms with van der Waals surface area (Å²) in [6, 6.07) is 0. The highest BCUT2D eigenvalue weighted by Gasteiger charge is 2.42. The second kappa shape index (κ2) is 4.37. The maximum absolute atomic E-state index is 11.4. The maximum atomic E-state index is 11.4. The molecule has 0 aliphatic heterocycles. The van der Waals surface area contributed by atoms with E-state index in [0.29, 0.717) is 6.54 Å². The second-order valence-corrected chi connectivity index (χ2v) is 3.13. The van der Waals surface area contributed by atoms with E-state index in [1.807, 2.05) is 6.92 Å². The van der Waals surface area contributed by atoms with Crippen molar-refractivity contribution in [1.82, 2.24) is 4.90 Å². The normalized spacial score (nSPS) is 15.2. The number of carbonyl (C=O) groups is 2. The van der Waals surface area contributed by atoms with Crippen molar-refractivity contribution in [3.63, 3.8) is 0 Å². The number of carbonyl (C=O) groups excluding carboxylic acids is 2. The molecule has 0 saturated heterocycles. The molecule has 0 aliphatic carbocycles. The summed E-state index contributed by atoms with van der Waals surface area (Å²) in [7, 11) is 3.01. The van der Waals surface area contributed by atoms with Crippen LogP contribution >= 0.6 is 0 Å². The second-order valence-electron chi connectivity index (χ2n) is 3.13. The largest absolute Gasteiger partial charge is 0.467 e. The van der Waals surface area contributed by atoms with Crippen molar-refractivity contribution in [2.45, 2.75) is 26.3 Å². The van der Waals surface area contributed by atoms with E-state index in [2.05, 4.69) is 4.74 Å². The van der Waals surface area contributed by atoms with Crippen LogP contribution in [0.4, 0.5) is 0 Å². The first kappa shape index (κ1) is 12.1. The lowest BCUT2D eigenvalue weighted by Gasteiger charge is -2.32. The lowest BCUT2D eigenvalue weighted by Crippen LogP contribution is -2.56. The third kappa shape index (κ3) is 2.06. The number of ketones is 1. The number of methoxy groups -OCH3 is 1. The predicted molar refractivity (Wildman–Crippen MR) is 49.4 cm³/mol. The topological polar surface area (TPSA) is 46.6 Å². The van der Waals surface area contributed by atoms with Gasteiger partial charge in [0.15, 0.2) is 11.3 Å². The van der Waals surface area contributed by atoms with Crippen molar-refractivity contribution in [3.8, 4) is 0 Å². The summed E-state index contributed by atoms with van der Waals surface area (Å²) >= 11 is 0. The maximum Gasteiger partial charge on any atom is 0.333 e. The van der Waals surface area contributed by atoms with Gasteiger partial charge in [-0.1, -0.05) is 6.92 Å². The number of nitrogens with zero attached hydrogens (tertiary/aromatic N) is 1. The fourth-order valence-corrected chi connectivity index (χ4v) is 1.08. The lowest BCUT2D eigenvalue weighted by molar-refractivity contribution is -0.157. The molecule has 0 aromatic carbocycles. The van der Waals surface area contributed by atoms with Crippen molar-refractivity contribution >= 4 is 11.8 Å². The summed E-state index contributed by atoms with van der Waals surface area (Å²) in [6.07, 6.45) is 0. The minimum absolute atomic E-state index is 0.205. The van der Waals surface area contributed by atoms with Gasteiger partial charge in [-0.05, 0) is 27.4 Å². The number of rotatable bonds is 4. The van der Waals surface area contributed by atoms with Crippen molar-refractivity contribution in [2.24, 2.45) is 0 Å². The van der Waals surface area contributed by atoms with Crippen molar-refractivity contribution < 1.29 is 14.3 Å². The van der Waals surface area contributed by atoms with Gasteiger partial charge in [-0.15, -0.1) is 0 Å². The molecule has 0 saturated carbocycles. The van der Waals surface area contributed by atoms with Crippen LogP contribution in [0.5, 0.6) is 0 Å². The molecule has 0 rings (SSSR count). The average molecular weight is 187 g/mol. The molecule has 0 radical (unpaired) electrons. The molecule has 0 spiro atoms. The molecule has 1 unspecified atom stereocenters. The van der Waals surface area contributed by atoms with E-state index >= 15 is 0 Å². The minimum atomic E-state index is -1.15. The molecule has 4 nitrogen and oxygen atoms in total. The number of Topliss-reactive ketones (excluding diaryl/α,β-unsaturated/α-hetero) is 1. The van der Waals surface area contributed by atoms with Gasteiger partial charge in [-0.2, -0.15) is 0 Å². The van der Waals surface area contributed by atoms with Crippen LogP contribution in [0.1, 0.15) is 20.8 Å². The van der Waals surface area contributed by atoms with Gasteiger partial charge in [0.05, 0.1) is 7.11 Å². The van der Waals surface area contributed by atoms with Crippen LogP contribution in [0.2, 0.25) is 0 Å². The smallest absolute Gasteiger partial charge is 0.333 e. The highest BCUT2D eigenvalue weighted by atomic mass is 16.5. The van der Waals surface area contributed by atoms with Gasteiger partial charge in [-0.25, -0.2) is 4.79 Å². The number of hydrogen-bond acceptors (Lipinski definition) is 4. The van der Waals surface area contributed by atoms with E-state index in [0.717, 1.165) is 0 Å². The molecule has 0 aliphatic rings. The van der Waals surface area contributed by atoms with Gasteiger partial charge in [0, 0.05) is 0 Å². The van der Waals surface area contributed by atoms with Crippen LogP contribution in [-0.2, 0) is 14.3 Å². The Morgan fingerprint density at radius 3 is 2.15 bits per heavy atom. The summed E-state index contributed by atoms with van der Waals surface area (Å²) < 4.78 is 4.60. The minimum Gasteiger partial charge on any atom is -0.467 e. The molecule has 0 fully saturated rings. The Bertz CT molecular complexity index is 215. The van der Waals surface area contributed by atoms with Crippen LogP contribution in [0.15, 0.2) is 0 Å². The van der Waals surface area contributed by atoms with Crippen LogP contribution in [0, 0.1) is 0 Å². The average Bonchev–Trinajstić information content (AvgIpc) is 2.13. The first-order valence-electron chi connectivity index (χ1n) is 4.21. The Hall–Kier alpha value is -0.900. The zero-order valence-corrected chi connectivity index (χ0v) is 8.88. The number of hydrogen-bond donors (Lipinski definition) is 0. The fraction of sp³-hybridized carbons (Fsp3) is 0.778. The third-order valence-electron chi connectivity index (χ3n) is 2.51. The van der Waals surface area contributed by atoms with E-state index in [4.69, 9.17) is 0 Å². The molecule has 4 heteroatoms. The van der Waals surface area contributed by atoms with E-state index in [-0.39, 0.29) is 5.78 Å². The van der Waals surface area contributed by atoms with E-state index in [1.165, 1.54) is 14.0 Å². The van der Waals surface area contributed by atoms with Gasteiger partial charge in [0.2, 0.25) is 0 Å². The SMILES string of the molecule is CCN(C)C(C)(C(C)=O)C(=O)OC. The van der Waals surface area contributed by atoms with Crippen molar-refractivity contribution in [1.29, 1.82) is 0 Å². The van der Waals surface area contributed by atoms with Crippen LogP contribution in [0.25, 0.3) is 0 Å². The van der Waals surface area contributed by atoms with Crippen molar-refractivity contribution in [3.05, 3.63) is 0 Å². The molecule has 0 heterocycles. The third-order valence-corrected chi connectivity index (χ3v) is 2.51.